The number of hydrogen-bond donors (Lipinski definition) is 2. The molecule has 19 heavy (non-hydrogen) atoms. The number of β-amino-alcohol motifs (C(OH)–C–C–N with tert-alkyl or cyclic N) is 1. The summed E-state index contributed by atoms with van der Waals surface area (Å²) >= 11 is 5.93. The van der Waals surface area contributed by atoms with E-state index in [1.54, 1.807) is 12.1 Å². The SMILES string of the molecule is Cc1cc(OCC(O)CNC(C)(C)C)ccc1Cl.Cl. The molecule has 110 valence electrons. The predicted molar refractivity (Wildman–Crippen MR) is 82.7 cm³/mol. The summed E-state index contributed by atoms with van der Waals surface area (Å²) in [4.78, 5) is 0. The van der Waals surface area contributed by atoms with E-state index in [1.165, 1.54) is 0 Å². The van der Waals surface area contributed by atoms with Crippen molar-refractivity contribution >= 4 is 24.0 Å². The lowest BCUT2D eigenvalue weighted by Crippen LogP contribution is -2.42. The molecular formula is C14H23Cl2NO2. The van der Waals surface area contributed by atoms with E-state index in [0.717, 1.165) is 16.3 Å². The highest BCUT2D eigenvalue weighted by atomic mass is 35.5. The molecule has 0 amide bonds. The summed E-state index contributed by atoms with van der Waals surface area (Å²) in [7, 11) is 0. The molecule has 0 aliphatic rings. The summed E-state index contributed by atoms with van der Waals surface area (Å²) in [5.41, 5.74) is 0.967. The van der Waals surface area contributed by atoms with Crippen LogP contribution < -0.4 is 10.1 Å². The maximum absolute atomic E-state index is 9.78. The first-order chi connectivity index (χ1) is 8.28. The van der Waals surface area contributed by atoms with Crippen molar-refractivity contribution in [1.82, 2.24) is 5.32 Å². The van der Waals surface area contributed by atoms with Crippen LogP contribution in [0, 0.1) is 6.92 Å². The van der Waals surface area contributed by atoms with Crippen LogP contribution in [0.4, 0.5) is 0 Å². The van der Waals surface area contributed by atoms with Gasteiger partial charge in [-0.3, -0.25) is 0 Å². The average molecular weight is 308 g/mol. The number of aliphatic hydroxyl groups excluding tert-OH is 1. The Kier molecular flexibility index (Phi) is 7.75. The van der Waals surface area contributed by atoms with Gasteiger partial charge < -0.3 is 15.2 Å². The number of benzene rings is 1. The van der Waals surface area contributed by atoms with Gasteiger partial charge in [0.05, 0.1) is 0 Å². The van der Waals surface area contributed by atoms with Crippen molar-refractivity contribution in [1.29, 1.82) is 0 Å². The minimum absolute atomic E-state index is 0. The molecule has 1 unspecified atom stereocenters. The third-order valence-corrected chi connectivity index (χ3v) is 2.86. The minimum Gasteiger partial charge on any atom is -0.491 e. The van der Waals surface area contributed by atoms with E-state index in [2.05, 4.69) is 26.1 Å². The third kappa shape index (κ3) is 7.63. The van der Waals surface area contributed by atoms with Gasteiger partial charge in [-0.05, 0) is 51.5 Å². The zero-order valence-electron chi connectivity index (χ0n) is 11.9. The van der Waals surface area contributed by atoms with Crippen LogP contribution in [0.2, 0.25) is 5.02 Å². The molecule has 0 saturated heterocycles. The molecular weight excluding hydrogens is 285 g/mol. The highest BCUT2D eigenvalue weighted by molar-refractivity contribution is 6.31. The molecule has 0 aliphatic heterocycles. The van der Waals surface area contributed by atoms with Crippen LogP contribution in [0.15, 0.2) is 18.2 Å². The van der Waals surface area contributed by atoms with Gasteiger partial charge in [-0.15, -0.1) is 12.4 Å². The molecule has 0 bridgehead atoms. The lowest BCUT2D eigenvalue weighted by atomic mass is 10.1. The van der Waals surface area contributed by atoms with Crippen molar-refractivity contribution in [3.8, 4) is 5.75 Å². The summed E-state index contributed by atoms with van der Waals surface area (Å²) in [5.74, 6) is 0.728. The van der Waals surface area contributed by atoms with Crippen LogP contribution in [0.5, 0.6) is 5.75 Å². The Hall–Kier alpha value is -0.480. The van der Waals surface area contributed by atoms with E-state index in [4.69, 9.17) is 16.3 Å². The second-order valence-electron chi connectivity index (χ2n) is 5.51. The summed E-state index contributed by atoms with van der Waals surface area (Å²) in [5, 5.41) is 13.7. The van der Waals surface area contributed by atoms with Gasteiger partial charge in [0.2, 0.25) is 0 Å². The van der Waals surface area contributed by atoms with Crippen molar-refractivity contribution in [2.24, 2.45) is 0 Å². The molecule has 5 heteroatoms. The smallest absolute Gasteiger partial charge is 0.119 e. The van der Waals surface area contributed by atoms with Crippen molar-refractivity contribution in [2.45, 2.75) is 39.3 Å². The molecule has 0 aromatic heterocycles. The average Bonchev–Trinajstić information content (AvgIpc) is 2.27. The molecule has 1 rings (SSSR count). The predicted octanol–water partition coefficient (Wildman–Crippen LogP) is 3.20. The zero-order chi connectivity index (χ0) is 13.8. The van der Waals surface area contributed by atoms with E-state index in [9.17, 15) is 5.11 Å². The first kappa shape index (κ1) is 18.5. The van der Waals surface area contributed by atoms with Crippen molar-refractivity contribution < 1.29 is 9.84 Å². The van der Waals surface area contributed by atoms with Gasteiger partial charge in [-0.1, -0.05) is 11.6 Å². The Balaban J connectivity index is 0.00000324. The summed E-state index contributed by atoms with van der Waals surface area (Å²) in [6.07, 6.45) is -0.528. The van der Waals surface area contributed by atoms with Crippen LogP contribution in [0.3, 0.4) is 0 Å². The highest BCUT2D eigenvalue weighted by Gasteiger charge is 2.12. The molecule has 2 N–H and O–H groups in total. The highest BCUT2D eigenvalue weighted by Crippen LogP contribution is 2.21. The standard InChI is InChI=1S/C14H22ClNO2.ClH/c1-10-7-12(5-6-13(10)15)18-9-11(17)8-16-14(2,3)4;/h5-7,11,16-17H,8-9H2,1-4H3;1H. The number of nitrogens with one attached hydrogen (secondary N) is 1. The zero-order valence-corrected chi connectivity index (χ0v) is 13.4. The number of hydrogen-bond acceptors (Lipinski definition) is 3. The topological polar surface area (TPSA) is 41.5 Å². The van der Waals surface area contributed by atoms with E-state index in [1.807, 2.05) is 13.0 Å². The van der Waals surface area contributed by atoms with Crippen LogP contribution in [0.25, 0.3) is 0 Å². The van der Waals surface area contributed by atoms with E-state index >= 15 is 0 Å². The molecule has 1 atom stereocenters. The molecule has 0 heterocycles. The van der Waals surface area contributed by atoms with Crippen LogP contribution in [0.1, 0.15) is 26.3 Å². The maximum Gasteiger partial charge on any atom is 0.119 e. The Morgan fingerprint density at radius 3 is 2.53 bits per heavy atom. The van der Waals surface area contributed by atoms with E-state index < -0.39 is 6.10 Å². The summed E-state index contributed by atoms with van der Waals surface area (Å²) in [6.45, 7) is 8.88. The number of ether oxygens (including phenoxy) is 1. The lowest BCUT2D eigenvalue weighted by Gasteiger charge is -2.23. The van der Waals surface area contributed by atoms with Crippen molar-refractivity contribution in [3.05, 3.63) is 28.8 Å². The van der Waals surface area contributed by atoms with Crippen molar-refractivity contribution in [3.63, 3.8) is 0 Å². The normalized spacial score (nSPS) is 12.7. The first-order valence-electron chi connectivity index (χ1n) is 6.10. The number of halogens is 2. The van der Waals surface area contributed by atoms with Gasteiger partial charge >= 0.3 is 0 Å². The molecule has 0 spiro atoms. The molecule has 0 aliphatic carbocycles. The molecule has 0 fully saturated rings. The van der Waals surface area contributed by atoms with Crippen LogP contribution >= 0.6 is 24.0 Å². The number of rotatable bonds is 5. The van der Waals surface area contributed by atoms with E-state index in [0.29, 0.717) is 6.54 Å². The Morgan fingerprint density at radius 1 is 1.37 bits per heavy atom. The second kappa shape index (κ2) is 7.95. The minimum atomic E-state index is -0.528. The molecule has 0 radical (unpaired) electrons. The Labute approximate surface area is 126 Å². The number of aryl methyl sites for hydroxylation is 1. The molecule has 0 saturated carbocycles. The fraction of sp³-hybridized carbons (Fsp3) is 0.571. The maximum atomic E-state index is 9.78. The number of aliphatic hydroxyl groups is 1. The van der Waals surface area contributed by atoms with Gasteiger partial charge in [0.1, 0.15) is 18.5 Å². The van der Waals surface area contributed by atoms with E-state index in [-0.39, 0.29) is 24.6 Å². The Morgan fingerprint density at radius 2 is 2.00 bits per heavy atom. The molecule has 1 aromatic rings. The van der Waals surface area contributed by atoms with Crippen LogP contribution in [-0.2, 0) is 0 Å². The van der Waals surface area contributed by atoms with Gasteiger partial charge in [-0.25, -0.2) is 0 Å². The summed E-state index contributed by atoms with van der Waals surface area (Å²) < 4.78 is 5.52. The van der Waals surface area contributed by atoms with Gasteiger partial charge in [0, 0.05) is 17.1 Å². The largest absolute Gasteiger partial charge is 0.491 e. The van der Waals surface area contributed by atoms with Crippen LogP contribution in [-0.4, -0.2) is 29.9 Å². The quantitative estimate of drug-likeness (QED) is 0.878. The van der Waals surface area contributed by atoms with Gasteiger partial charge in [0.15, 0.2) is 0 Å². The summed E-state index contributed by atoms with van der Waals surface area (Å²) in [6, 6.07) is 5.47. The third-order valence-electron chi connectivity index (χ3n) is 2.44. The first-order valence-corrected chi connectivity index (χ1v) is 6.48. The second-order valence-corrected chi connectivity index (χ2v) is 5.91. The monoisotopic (exact) mass is 307 g/mol. The Bertz CT molecular complexity index is 392. The molecule has 3 nitrogen and oxygen atoms in total. The fourth-order valence-corrected chi connectivity index (χ4v) is 1.50. The van der Waals surface area contributed by atoms with Crippen molar-refractivity contribution in [2.75, 3.05) is 13.2 Å². The lowest BCUT2D eigenvalue weighted by molar-refractivity contribution is 0.100. The molecule has 1 aromatic carbocycles. The van der Waals surface area contributed by atoms with Gasteiger partial charge in [-0.2, -0.15) is 0 Å². The van der Waals surface area contributed by atoms with Gasteiger partial charge in [0.25, 0.3) is 0 Å². The fourth-order valence-electron chi connectivity index (χ4n) is 1.38.